The SMILES string of the molecule is O=[N+]([O-])C1C(c2cccnc2)N(c2ccc(Br)cc2)OC1C(Cl)(Cl)Cl. The average Bonchev–Trinajstić information content (AvgIpc) is 2.97. The van der Waals surface area contributed by atoms with Gasteiger partial charge in [-0.25, -0.2) is 5.06 Å². The van der Waals surface area contributed by atoms with Crippen molar-refractivity contribution in [2.24, 2.45) is 0 Å². The molecule has 1 saturated heterocycles. The maximum atomic E-state index is 11.8. The second-order valence-electron chi connectivity index (χ2n) is 5.38. The van der Waals surface area contributed by atoms with Crippen LogP contribution >= 0.6 is 50.7 Å². The number of hydrogen-bond acceptors (Lipinski definition) is 5. The summed E-state index contributed by atoms with van der Waals surface area (Å²) in [5.41, 5.74) is 1.18. The van der Waals surface area contributed by atoms with Crippen LogP contribution in [-0.4, -0.2) is 25.8 Å². The summed E-state index contributed by atoms with van der Waals surface area (Å²) in [6, 6.07) is 8.42. The molecule has 3 rings (SSSR count). The zero-order valence-electron chi connectivity index (χ0n) is 12.4. The summed E-state index contributed by atoms with van der Waals surface area (Å²) in [4.78, 5) is 21.1. The van der Waals surface area contributed by atoms with Gasteiger partial charge in [-0.05, 0) is 30.3 Å². The molecule has 0 saturated carbocycles. The maximum Gasteiger partial charge on any atom is 0.272 e. The Morgan fingerprint density at radius 2 is 1.92 bits per heavy atom. The molecule has 10 heteroatoms. The molecule has 3 unspecified atom stereocenters. The van der Waals surface area contributed by atoms with E-state index in [1.54, 1.807) is 42.6 Å². The molecule has 3 atom stereocenters. The van der Waals surface area contributed by atoms with Crippen molar-refractivity contribution in [3.8, 4) is 0 Å². The van der Waals surface area contributed by atoms with E-state index in [0.29, 0.717) is 11.3 Å². The zero-order valence-corrected chi connectivity index (χ0v) is 16.3. The predicted octanol–water partition coefficient (Wildman–Crippen LogP) is 4.72. The van der Waals surface area contributed by atoms with Crippen LogP contribution in [0.25, 0.3) is 0 Å². The zero-order chi connectivity index (χ0) is 18.2. The van der Waals surface area contributed by atoms with Crippen LogP contribution in [-0.2, 0) is 4.84 Å². The van der Waals surface area contributed by atoms with Gasteiger partial charge in [0.15, 0.2) is 6.04 Å². The van der Waals surface area contributed by atoms with Gasteiger partial charge in [0.1, 0.15) is 0 Å². The number of anilines is 1. The summed E-state index contributed by atoms with van der Waals surface area (Å²) in [5.74, 6) is 0. The Kier molecular flexibility index (Phi) is 5.41. The molecule has 0 spiro atoms. The standard InChI is InChI=1S/C15H11BrCl3N3O3/c16-10-3-5-11(6-4-10)21-12(9-2-1-7-20-8-9)13(22(23)24)14(25-21)15(17,18)19/h1-8,12-14H. The number of aromatic nitrogens is 1. The first kappa shape index (κ1) is 18.7. The molecule has 1 fully saturated rings. The fourth-order valence-electron chi connectivity index (χ4n) is 2.73. The van der Waals surface area contributed by atoms with Gasteiger partial charge in [0.2, 0.25) is 9.90 Å². The summed E-state index contributed by atoms with van der Waals surface area (Å²) in [5, 5.41) is 13.2. The molecule has 0 amide bonds. The highest BCUT2D eigenvalue weighted by Gasteiger charge is 2.59. The fraction of sp³-hybridized carbons (Fsp3) is 0.267. The van der Waals surface area contributed by atoms with Crippen LogP contribution < -0.4 is 5.06 Å². The van der Waals surface area contributed by atoms with Crippen LogP contribution in [0.3, 0.4) is 0 Å². The van der Waals surface area contributed by atoms with Gasteiger partial charge in [-0.1, -0.05) is 56.8 Å². The Hall–Kier alpha value is -1.12. The normalized spacial score (nSPS) is 23.7. The van der Waals surface area contributed by atoms with Crippen LogP contribution in [0.15, 0.2) is 53.3 Å². The lowest BCUT2D eigenvalue weighted by molar-refractivity contribution is -0.529. The molecule has 2 heterocycles. The number of hydroxylamine groups is 1. The number of hydrogen-bond donors (Lipinski definition) is 0. The molecule has 2 aromatic rings. The van der Waals surface area contributed by atoms with E-state index in [9.17, 15) is 10.1 Å². The van der Waals surface area contributed by atoms with Gasteiger partial charge in [0, 0.05) is 27.4 Å². The molecular formula is C15H11BrCl3N3O3. The van der Waals surface area contributed by atoms with Gasteiger partial charge in [-0.15, -0.1) is 0 Å². The molecular weight excluding hydrogens is 456 g/mol. The average molecular weight is 468 g/mol. The van der Waals surface area contributed by atoms with E-state index < -0.39 is 26.9 Å². The Labute approximate surface area is 166 Å². The van der Waals surface area contributed by atoms with Crippen LogP contribution in [0.2, 0.25) is 0 Å². The van der Waals surface area contributed by atoms with Crippen molar-refractivity contribution in [3.63, 3.8) is 0 Å². The van der Waals surface area contributed by atoms with E-state index in [1.165, 1.54) is 11.3 Å². The summed E-state index contributed by atoms with van der Waals surface area (Å²) < 4.78 is -1.11. The van der Waals surface area contributed by atoms with Crippen molar-refractivity contribution >= 4 is 56.4 Å². The number of pyridine rings is 1. The first-order valence-electron chi connectivity index (χ1n) is 7.11. The van der Waals surface area contributed by atoms with Crippen LogP contribution in [0.4, 0.5) is 5.69 Å². The maximum absolute atomic E-state index is 11.8. The van der Waals surface area contributed by atoms with Gasteiger partial charge >= 0.3 is 0 Å². The van der Waals surface area contributed by atoms with E-state index >= 15 is 0 Å². The highest BCUT2D eigenvalue weighted by atomic mass is 79.9. The van der Waals surface area contributed by atoms with Gasteiger partial charge in [0.05, 0.1) is 5.69 Å². The minimum atomic E-state index is -1.97. The van der Waals surface area contributed by atoms with Gasteiger partial charge < -0.3 is 0 Å². The molecule has 25 heavy (non-hydrogen) atoms. The first-order valence-corrected chi connectivity index (χ1v) is 9.03. The molecule has 0 N–H and O–H groups in total. The molecule has 6 nitrogen and oxygen atoms in total. The van der Waals surface area contributed by atoms with Crippen molar-refractivity contribution in [1.29, 1.82) is 0 Å². The van der Waals surface area contributed by atoms with Crippen molar-refractivity contribution in [2.45, 2.75) is 22.0 Å². The number of nitrogens with zero attached hydrogens (tertiary/aromatic N) is 3. The number of nitro groups is 1. The molecule has 0 bridgehead atoms. The van der Waals surface area contributed by atoms with Gasteiger partial charge in [-0.3, -0.25) is 19.9 Å². The van der Waals surface area contributed by atoms with Gasteiger partial charge in [0.25, 0.3) is 6.04 Å². The lowest BCUT2D eigenvalue weighted by Crippen LogP contribution is -2.41. The monoisotopic (exact) mass is 465 g/mol. The Morgan fingerprint density at radius 3 is 2.44 bits per heavy atom. The van der Waals surface area contributed by atoms with E-state index in [1.807, 2.05) is 0 Å². The fourth-order valence-corrected chi connectivity index (χ4v) is 3.50. The van der Waals surface area contributed by atoms with E-state index in [4.69, 9.17) is 39.6 Å². The largest absolute Gasteiger partial charge is 0.272 e. The van der Waals surface area contributed by atoms with Crippen LogP contribution in [0.1, 0.15) is 11.6 Å². The predicted molar refractivity (Wildman–Crippen MR) is 99.5 cm³/mol. The number of halogens is 4. The second kappa shape index (κ2) is 7.25. The number of rotatable bonds is 3. The third-order valence-electron chi connectivity index (χ3n) is 3.79. The summed E-state index contributed by atoms with van der Waals surface area (Å²) in [6.07, 6.45) is 1.86. The second-order valence-corrected chi connectivity index (χ2v) is 8.66. The molecule has 132 valence electrons. The molecule has 1 aliphatic rings. The Balaban J connectivity index is 2.11. The number of alkyl halides is 3. The third kappa shape index (κ3) is 3.85. The number of benzene rings is 1. The lowest BCUT2D eigenvalue weighted by Gasteiger charge is -2.24. The first-order chi connectivity index (χ1) is 11.8. The van der Waals surface area contributed by atoms with Gasteiger partial charge in [-0.2, -0.15) is 0 Å². The molecule has 0 radical (unpaired) electrons. The topological polar surface area (TPSA) is 68.5 Å². The van der Waals surface area contributed by atoms with Crippen molar-refractivity contribution in [2.75, 3.05) is 5.06 Å². The summed E-state index contributed by atoms with van der Waals surface area (Å²) in [7, 11) is 0. The minimum absolute atomic E-state index is 0.483. The lowest BCUT2D eigenvalue weighted by atomic mass is 9.98. The van der Waals surface area contributed by atoms with E-state index in [2.05, 4.69) is 20.9 Å². The van der Waals surface area contributed by atoms with Crippen molar-refractivity contribution in [1.82, 2.24) is 4.98 Å². The summed E-state index contributed by atoms with van der Waals surface area (Å²) in [6.45, 7) is 0. The van der Waals surface area contributed by atoms with E-state index in [0.717, 1.165) is 4.47 Å². The third-order valence-corrected chi connectivity index (χ3v) is 4.96. The molecule has 0 aliphatic carbocycles. The Bertz CT molecular complexity index is 758. The smallest absolute Gasteiger partial charge is 0.264 e. The highest BCUT2D eigenvalue weighted by Crippen LogP contribution is 2.47. The summed E-state index contributed by atoms with van der Waals surface area (Å²) >= 11 is 21.2. The van der Waals surface area contributed by atoms with Crippen LogP contribution in [0, 0.1) is 10.1 Å². The highest BCUT2D eigenvalue weighted by molar-refractivity contribution is 9.10. The molecule has 1 aromatic heterocycles. The van der Waals surface area contributed by atoms with Crippen molar-refractivity contribution < 1.29 is 9.76 Å². The van der Waals surface area contributed by atoms with Crippen LogP contribution in [0.5, 0.6) is 0 Å². The Morgan fingerprint density at radius 1 is 1.24 bits per heavy atom. The quantitative estimate of drug-likeness (QED) is 0.371. The minimum Gasteiger partial charge on any atom is -0.264 e. The van der Waals surface area contributed by atoms with Crippen molar-refractivity contribution in [3.05, 3.63) is 68.9 Å². The van der Waals surface area contributed by atoms with E-state index in [-0.39, 0.29) is 0 Å². The molecule has 1 aliphatic heterocycles. The molecule has 1 aromatic carbocycles.